The summed E-state index contributed by atoms with van der Waals surface area (Å²) in [5.74, 6) is 0.898. The lowest BCUT2D eigenvalue weighted by Crippen LogP contribution is -2.38. The summed E-state index contributed by atoms with van der Waals surface area (Å²) < 4.78 is 0. The molecule has 1 aliphatic rings. The zero-order valence-electron chi connectivity index (χ0n) is 12.4. The quantitative estimate of drug-likeness (QED) is 0.790. The third-order valence-electron chi connectivity index (χ3n) is 4.08. The van der Waals surface area contributed by atoms with Gasteiger partial charge in [0.1, 0.15) is 0 Å². The van der Waals surface area contributed by atoms with Crippen LogP contribution in [0.5, 0.6) is 0 Å². The molecule has 0 aromatic heterocycles. The van der Waals surface area contributed by atoms with E-state index in [0.29, 0.717) is 24.3 Å². The van der Waals surface area contributed by atoms with Crippen molar-refractivity contribution >= 4 is 11.7 Å². The van der Waals surface area contributed by atoms with Gasteiger partial charge >= 0.3 is 0 Å². The highest BCUT2D eigenvalue weighted by Gasteiger charge is 2.20. The van der Waals surface area contributed by atoms with Crippen LogP contribution in [-0.2, 0) is 4.79 Å². The first-order valence-corrected chi connectivity index (χ1v) is 7.44. The van der Waals surface area contributed by atoms with Gasteiger partial charge in [0.25, 0.3) is 0 Å². The summed E-state index contributed by atoms with van der Waals surface area (Å²) in [6.07, 6.45) is 2.81. The number of carbonyl (C=O) groups is 2. The average Bonchev–Trinajstić information content (AvgIpc) is 2.46. The first-order valence-electron chi connectivity index (χ1n) is 7.44. The predicted octanol–water partition coefficient (Wildman–Crippen LogP) is 3.22. The van der Waals surface area contributed by atoms with Crippen molar-refractivity contribution in [2.75, 3.05) is 13.1 Å². The second kappa shape index (κ2) is 6.69. The molecule has 3 nitrogen and oxygen atoms in total. The Bertz CT molecular complexity index is 470. The van der Waals surface area contributed by atoms with Crippen molar-refractivity contribution in [3.8, 4) is 0 Å². The summed E-state index contributed by atoms with van der Waals surface area (Å²) in [6, 6.07) is 7.54. The van der Waals surface area contributed by atoms with Gasteiger partial charge in [-0.05, 0) is 25.7 Å². The lowest BCUT2D eigenvalue weighted by Gasteiger charge is -2.30. The summed E-state index contributed by atoms with van der Waals surface area (Å²) in [6.45, 7) is 5.91. The van der Waals surface area contributed by atoms with Gasteiger partial charge in [-0.3, -0.25) is 9.59 Å². The molecule has 1 aromatic rings. The molecule has 0 radical (unpaired) electrons. The summed E-state index contributed by atoms with van der Waals surface area (Å²) in [5.41, 5.74) is 1.84. The number of ketones is 1. The molecule has 1 amide bonds. The molecule has 0 spiro atoms. The number of rotatable bonds is 4. The molecule has 108 valence electrons. The van der Waals surface area contributed by atoms with E-state index in [0.717, 1.165) is 31.5 Å². The summed E-state index contributed by atoms with van der Waals surface area (Å²) in [7, 11) is 0. The molecule has 1 heterocycles. The van der Waals surface area contributed by atoms with Gasteiger partial charge in [-0.2, -0.15) is 0 Å². The zero-order chi connectivity index (χ0) is 14.5. The Hall–Kier alpha value is -1.64. The number of aryl methyl sites for hydroxylation is 1. The van der Waals surface area contributed by atoms with Crippen LogP contribution in [0.4, 0.5) is 0 Å². The van der Waals surface area contributed by atoms with Crippen LogP contribution in [0.2, 0.25) is 0 Å². The number of amides is 1. The predicted molar refractivity (Wildman–Crippen MR) is 79.7 cm³/mol. The van der Waals surface area contributed by atoms with E-state index in [9.17, 15) is 9.59 Å². The van der Waals surface area contributed by atoms with E-state index in [2.05, 4.69) is 6.92 Å². The molecule has 1 saturated heterocycles. The lowest BCUT2D eigenvalue weighted by atomic mass is 9.98. The minimum absolute atomic E-state index is 0.0590. The van der Waals surface area contributed by atoms with Crippen molar-refractivity contribution in [3.05, 3.63) is 35.4 Å². The van der Waals surface area contributed by atoms with Crippen molar-refractivity contribution in [2.24, 2.45) is 5.92 Å². The maximum absolute atomic E-state index is 12.1. The second-order valence-corrected chi connectivity index (χ2v) is 5.85. The Morgan fingerprint density at radius 2 is 1.70 bits per heavy atom. The van der Waals surface area contributed by atoms with E-state index in [4.69, 9.17) is 0 Å². The second-order valence-electron chi connectivity index (χ2n) is 5.85. The maximum Gasteiger partial charge on any atom is 0.223 e. The van der Waals surface area contributed by atoms with Crippen molar-refractivity contribution < 1.29 is 9.59 Å². The first-order chi connectivity index (χ1) is 9.56. The third kappa shape index (κ3) is 3.92. The van der Waals surface area contributed by atoms with Gasteiger partial charge in [-0.25, -0.2) is 0 Å². The van der Waals surface area contributed by atoms with Crippen LogP contribution in [0.25, 0.3) is 0 Å². The maximum atomic E-state index is 12.1. The molecule has 2 rings (SSSR count). The molecule has 0 unspecified atom stereocenters. The third-order valence-corrected chi connectivity index (χ3v) is 4.08. The molecule has 0 saturated carbocycles. The Balaban J connectivity index is 1.81. The van der Waals surface area contributed by atoms with E-state index in [1.807, 2.05) is 36.1 Å². The minimum atomic E-state index is 0.0590. The van der Waals surface area contributed by atoms with Gasteiger partial charge in [-0.1, -0.05) is 36.8 Å². The number of piperidine rings is 1. The van der Waals surface area contributed by atoms with Gasteiger partial charge in [0, 0.05) is 31.5 Å². The molecule has 1 fully saturated rings. The van der Waals surface area contributed by atoms with Crippen molar-refractivity contribution in [3.63, 3.8) is 0 Å². The van der Waals surface area contributed by atoms with Crippen LogP contribution in [0.1, 0.15) is 48.5 Å². The van der Waals surface area contributed by atoms with Gasteiger partial charge in [0.15, 0.2) is 5.78 Å². The topological polar surface area (TPSA) is 37.4 Å². The fourth-order valence-corrected chi connectivity index (χ4v) is 2.52. The molecule has 1 aliphatic heterocycles. The average molecular weight is 273 g/mol. The van der Waals surface area contributed by atoms with Gasteiger partial charge in [0.2, 0.25) is 5.91 Å². The molecule has 0 bridgehead atoms. The summed E-state index contributed by atoms with van der Waals surface area (Å²) >= 11 is 0. The van der Waals surface area contributed by atoms with Crippen molar-refractivity contribution in [1.82, 2.24) is 4.90 Å². The summed E-state index contributed by atoms with van der Waals surface area (Å²) in [5, 5.41) is 0. The van der Waals surface area contributed by atoms with Gasteiger partial charge < -0.3 is 4.90 Å². The van der Waals surface area contributed by atoms with E-state index < -0.39 is 0 Å². The van der Waals surface area contributed by atoms with Crippen LogP contribution in [-0.4, -0.2) is 29.7 Å². The van der Waals surface area contributed by atoms with Crippen molar-refractivity contribution in [2.45, 2.75) is 39.5 Å². The molecule has 0 N–H and O–H groups in total. The van der Waals surface area contributed by atoms with Gasteiger partial charge in [0.05, 0.1) is 0 Å². The van der Waals surface area contributed by atoms with E-state index in [1.165, 1.54) is 0 Å². The normalized spacial score (nSPS) is 16.2. The fraction of sp³-hybridized carbons (Fsp3) is 0.529. The number of likely N-dealkylation sites (tertiary alicyclic amines) is 1. The Morgan fingerprint density at radius 3 is 2.30 bits per heavy atom. The summed E-state index contributed by atoms with van der Waals surface area (Å²) in [4.78, 5) is 26.0. The minimum Gasteiger partial charge on any atom is -0.343 e. The Kier molecular flexibility index (Phi) is 4.94. The monoisotopic (exact) mass is 273 g/mol. The zero-order valence-corrected chi connectivity index (χ0v) is 12.4. The number of nitrogens with zero attached hydrogens (tertiary/aromatic N) is 1. The number of benzene rings is 1. The Morgan fingerprint density at radius 1 is 1.10 bits per heavy atom. The first kappa shape index (κ1) is 14.8. The molecule has 3 heteroatoms. The lowest BCUT2D eigenvalue weighted by molar-refractivity contribution is -0.132. The molecule has 20 heavy (non-hydrogen) atoms. The number of carbonyl (C=O) groups excluding carboxylic acids is 2. The largest absolute Gasteiger partial charge is 0.343 e. The van der Waals surface area contributed by atoms with E-state index in [-0.39, 0.29) is 11.7 Å². The van der Waals surface area contributed by atoms with Crippen molar-refractivity contribution in [1.29, 1.82) is 0 Å². The number of hydrogen-bond donors (Lipinski definition) is 0. The smallest absolute Gasteiger partial charge is 0.223 e. The molecular formula is C17H23NO2. The Labute approximate surface area is 121 Å². The highest BCUT2D eigenvalue weighted by molar-refractivity contribution is 5.97. The highest BCUT2D eigenvalue weighted by atomic mass is 16.2. The standard InChI is InChI=1S/C17H23NO2/c1-13-3-5-15(6-4-13)16(19)7-8-17(20)18-11-9-14(2)10-12-18/h3-6,14H,7-12H2,1-2H3. The molecule has 1 aromatic carbocycles. The SMILES string of the molecule is Cc1ccc(C(=O)CCC(=O)N2CCC(C)CC2)cc1. The molecule has 0 aliphatic carbocycles. The number of hydrogen-bond acceptors (Lipinski definition) is 2. The molecule has 0 atom stereocenters. The van der Waals surface area contributed by atoms with Gasteiger partial charge in [-0.15, -0.1) is 0 Å². The van der Waals surface area contributed by atoms with Crippen LogP contribution in [0, 0.1) is 12.8 Å². The highest BCUT2D eigenvalue weighted by Crippen LogP contribution is 2.17. The van der Waals surface area contributed by atoms with E-state index in [1.54, 1.807) is 0 Å². The van der Waals surface area contributed by atoms with Crippen LogP contribution >= 0.6 is 0 Å². The van der Waals surface area contributed by atoms with Crippen LogP contribution < -0.4 is 0 Å². The molecular weight excluding hydrogens is 250 g/mol. The fourth-order valence-electron chi connectivity index (χ4n) is 2.52. The number of Topliss-reactive ketones (excluding diaryl/α,β-unsaturated/α-hetero) is 1. The van der Waals surface area contributed by atoms with Crippen LogP contribution in [0.15, 0.2) is 24.3 Å². The van der Waals surface area contributed by atoms with Crippen LogP contribution in [0.3, 0.4) is 0 Å². The van der Waals surface area contributed by atoms with E-state index >= 15 is 0 Å².